The van der Waals surface area contributed by atoms with Crippen molar-refractivity contribution in [1.29, 1.82) is 0 Å². The molecule has 16 heavy (non-hydrogen) atoms. The summed E-state index contributed by atoms with van der Waals surface area (Å²) in [5.41, 5.74) is 0.817. The van der Waals surface area contributed by atoms with Crippen LogP contribution in [-0.2, 0) is 6.54 Å². The van der Waals surface area contributed by atoms with Crippen molar-refractivity contribution in [3.8, 4) is 0 Å². The summed E-state index contributed by atoms with van der Waals surface area (Å²) in [7, 11) is 0. The lowest BCUT2D eigenvalue weighted by Crippen LogP contribution is -2.21. The van der Waals surface area contributed by atoms with Gasteiger partial charge < -0.3 is 4.57 Å². The van der Waals surface area contributed by atoms with Crippen LogP contribution in [0.5, 0.6) is 0 Å². The number of aromatic nitrogens is 1. The maximum Gasteiger partial charge on any atom is 0.253 e. The average Bonchev–Trinajstić information content (AvgIpc) is 2.60. The molecule has 84 valence electrons. The smallest absolute Gasteiger partial charge is 0.253 e. The van der Waals surface area contributed by atoms with Gasteiger partial charge in [0.15, 0.2) is 0 Å². The van der Waals surface area contributed by atoms with Gasteiger partial charge in [-0.15, -0.1) is 11.3 Å². The van der Waals surface area contributed by atoms with E-state index >= 15 is 0 Å². The van der Waals surface area contributed by atoms with Gasteiger partial charge in [-0.25, -0.2) is 0 Å². The lowest BCUT2D eigenvalue weighted by molar-refractivity contribution is 0.759. The lowest BCUT2D eigenvalue weighted by atomic mass is 10.3. The van der Waals surface area contributed by atoms with Gasteiger partial charge in [-0.1, -0.05) is 0 Å². The van der Waals surface area contributed by atoms with Crippen LogP contribution >= 0.6 is 43.2 Å². The average molecular weight is 363 g/mol. The van der Waals surface area contributed by atoms with Crippen LogP contribution in [0.15, 0.2) is 37.4 Å². The fourth-order valence-corrected chi connectivity index (χ4v) is 3.53. The molecule has 0 N–H and O–H groups in total. The van der Waals surface area contributed by atoms with Crippen molar-refractivity contribution in [3.05, 3.63) is 53.4 Å². The molecule has 2 aromatic heterocycles. The first-order valence-corrected chi connectivity index (χ1v) is 7.07. The van der Waals surface area contributed by atoms with Gasteiger partial charge in [-0.3, -0.25) is 4.79 Å². The summed E-state index contributed by atoms with van der Waals surface area (Å²) in [4.78, 5) is 13.0. The van der Waals surface area contributed by atoms with Gasteiger partial charge in [-0.2, -0.15) is 0 Å². The molecule has 2 rings (SSSR count). The van der Waals surface area contributed by atoms with Gasteiger partial charge in [-0.05, 0) is 57.0 Å². The molecule has 0 amide bonds. The first-order chi connectivity index (χ1) is 7.56. The summed E-state index contributed by atoms with van der Waals surface area (Å²) in [6, 6.07) is 5.86. The highest BCUT2D eigenvalue weighted by Crippen LogP contribution is 2.22. The maximum atomic E-state index is 11.9. The van der Waals surface area contributed by atoms with Gasteiger partial charge >= 0.3 is 0 Å². The molecule has 0 unspecified atom stereocenters. The Kier molecular flexibility index (Phi) is 3.66. The van der Waals surface area contributed by atoms with E-state index in [2.05, 4.69) is 31.9 Å². The minimum absolute atomic E-state index is 0.0627. The van der Waals surface area contributed by atoms with E-state index in [1.807, 2.05) is 31.3 Å². The highest BCUT2D eigenvalue weighted by molar-refractivity contribution is 9.11. The number of thiophene rings is 1. The molecule has 0 spiro atoms. The summed E-state index contributed by atoms with van der Waals surface area (Å²) >= 11 is 8.46. The van der Waals surface area contributed by atoms with E-state index in [-0.39, 0.29) is 5.56 Å². The number of aryl methyl sites for hydroxylation is 1. The Morgan fingerprint density at radius 1 is 1.38 bits per heavy atom. The van der Waals surface area contributed by atoms with Gasteiger partial charge in [0.1, 0.15) is 0 Å². The van der Waals surface area contributed by atoms with Crippen molar-refractivity contribution in [2.45, 2.75) is 13.5 Å². The number of pyridine rings is 1. The predicted octanol–water partition coefficient (Wildman–Crippen LogP) is 3.79. The van der Waals surface area contributed by atoms with Crippen LogP contribution in [-0.4, -0.2) is 4.57 Å². The molecule has 0 aromatic carbocycles. The Morgan fingerprint density at radius 3 is 2.75 bits per heavy atom. The van der Waals surface area contributed by atoms with Crippen molar-refractivity contribution in [1.82, 2.24) is 4.57 Å². The maximum absolute atomic E-state index is 11.9. The lowest BCUT2D eigenvalue weighted by Gasteiger charge is -2.05. The molecule has 2 nitrogen and oxygen atoms in total. The number of hydrogen-bond donors (Lipinski definition) is 0. The van der Waals surface area contributed by atoms with Crippen LogP contribution in [0.4, 0.5) is 0 Å². The third-order valence-electron chi connectivity index (χ3n) is 2.19. The Balaban J connectivity index is 2.38. The molecule has 0 saturated carbocycles. The van der Waals surface area contributed by atoms with Crippen LogP contribution < -0.4 is 5.56 Å². The SMILES string of the molecule is Cc1cc(Br)cn(Cc2ccc(Br)s2)c1=O. The molecule has 0 radical (unpaired) electrons. The summed E-state index contributed by atoms with van der Waals surface area (Å²) < 4.78 is 3.74. The Labute approximate surface area is 114 Å². The first-order valence-electron chi connectivity index (χ1n) is 4.67. The van der Waals surface area contributed by atoms with Crippen molar-refractivity contribution in [3.63, 3.8) is 0 Å². The van der Waals surface area contributed by atoms with E-state index in [4.69, 9.17) is 0 Å². The molecule has 2 aromatic rings. The highest BCUT2D eigenvalue weighted by atomic mass is 79.9. The molecule has 0 fully saturated rings. The largest absolute Gasteiger partial charge is 0.309 e. The van der Waals surface area contributed by atoms with Crippen LogP contribution in [0.25, 0.3) is 0 Å². The monoisotopic (exact) mass is 361 g/mol. The van der Waals surface area contributed by atoms with E-state index in [1.165, 1.54) is 0 Å². The van der Waals surface area contributed by atoms with Gasteiger partial charge in [0.25, 0.3) is 5.56 Å². The van der Waals surface area contributed by atoms with Gasteiger partial charge in [0.05, 0.1) is 10.3 Å². The molecule has 0 atom stereocenters. The van der Waals surface area contributed by atoms with Crippen molar-refractivity contribution >= 4 is 43.2 Å². The molecule has 5 heteroatoms. The number of hydrogen-bond acceptors (Lipinski definition) is 2. The molecular weight excluding hydrogens is 354 g/mol. The predicted molar refractivity (Wildman–Crippen MR) is 74.3 cm³/mol. The van der Waals surface area contributed by atoms with E-state index in [9.17, 15) is 4.79 Å². The third-order valence-corrected chi connectivity index (χ3v) is 4.23. The zero-order chi connectivity index (χ0) is 11.7. The molecular formula is C11H9Br2NOS. The second-order valence-corrected chi connectivity index (χ2v) is 6.94. The molecule has 0 saturated heterocycles. The third kappa shape index (κ3) is 2.64. The number of nitrogens with zero attached hydrogens (tertiary/aromatic N) is 1. The highest BCUT2D eigenvalue weighted by Gasteiger charge is 2.04. The van der Waals surface area contributed by atoms with Crippen molar-refractivity contribution in [2.24, 2.45) is 0 Å². The van der Waals surface area contributed by atoms with E-state index < -0.39 is 0 Å². The summed E-state index contributed by atoms with van der Waals surface area (Å²) in [6.45, 7) is 2.45. The fraction of sp³-hybridized carbons (Fsp3) is 0.182. The van der Waals surface area contributed by atoms with Crippen LogP contribution in [0.3, 0.4) is 0 Å². The summed E-state index contributed by atoms with van der Waals surface area (Å²) in [6.07, 6.45) is 1.82. The van der Waals surface area contributed by atoms with Crippen molar-refractivity contribution in [2.75, 3.05) is 0 Å². The van der Waals surface area contributed by atoms with E-state index in [0.29, 0.717) is 6.54 Å². The van der Waals surface area contributed by atoms with Gasteiger partial charge in [0, 0.05) is 21.1 Å². The molecule has 0 aliphatic carbocycles. The number of rotatable bonds is 2. The Morgan fingerprint density at radius 2 is 2.12 bits per heavy atom. The second kappa shape index (κ2) is 4.85. The van der Waals surface area contributed by atoms with Gasteiger partial charge in [0.2, 0.25) is 0 Å². The minimum Gasteiger partial charge on any atom is -0.309 e. The minimum atomic E-state index is 0.0627. The molecule has 0 bridgehead atoms. The summed E-state index contributed by atoms with van der Waals surface area (Å²) in [5, 5.41) is 0. The Hall–Kier alpha value is -0.390. The normalized spacial score (nSPS) is 10.7. The summed E-state index contributed by atoms with van der Waals surface area (Å²) in [5.74, 6) is 0. The zero-order valence-corrected chi connectivity index (χ0v) is 12.5. The van der Waals surface area contributed by atoms with Crippen LogP contribution in [0.1, 0.15) is 10.4 Å². The molecule has 0 aliphatic rings. The van der Waals surface area contributed by atoms with Crippen LogP contribution in [0, 0.1) is 6.92 Å². The first kappa shape index (κ1) is 12.1. The standard InChI is InChI=1S/C11H9Br2NOS/c1-7-4-8(12)5-14(11(7)15)6-9-2-3-10(13)16-9/h2-5H,6H2,1H3. The fourth-order valence-electron chi connectivity index (χ4n) is 1.46. The molecule has 2 heterocycles. The van der Waals surface area contributed by atoms with E-state index in [1.54, 1.807) is 15.9 Å². The quantitative estimate of drug-likeness (QED) is 0.796. The molecule has 0 aliphatic heterocycles. The van der Waals surface area contributed by atoms with E-state index in [0.717, 1.165) is 18.7 Å². The zero-order valence-electron chi connectivity index (χ0n) is 8.54. The van der Waals surface area contributed by atoms with Crippen LogP contribution in [0.2, 0.25) is 0 Å². The Bertz CT molecular complexity index is 574. The number of halogens is 2. The topological polar surface area (TPSA) is 22.0 Å². The van der Waals surface area contributed by atoms with Crippen molar-refractivity contribution < 1.29 is 0 Å². The second-order valence-electron chi connectivity index (χ2n) is 3.48.